The van der Waals surface area contributed by atoms with Gasteiger partial charge in [-0.3, -0.25) is 19.9 Å². The number of H-pyrrole nitrogens is 2. The van der Waals surface area contributed by atoms with Crippen LogP contribution in [0, 0.1) is 11.8 Å². The maximum absolute atomic E-state index is 12.8. The minimum atomic E-state index is -0.781. The van der Waals surface area contributed by atoms with Crippen LogP contribution >= 0.6 is 0 Å². The Balaban J connectivity index is 1.56. The molecule has 3 heterocycles. The van der Waals surface area contributed by atoms with Crippen molar-refractivity contribution in [1.29, 1.82) is 0 Å². The molecule has 0 saturated carbocycles. The Morgan fingerprint density at radius 2 is 2.19 bits per heavy atom. The van der Waals surface area contributed by atoms with E-state index in [9.17, 15) is 19.2 Å². The number of aromatic amines is 2. The number of benzene rings is 1. The van der Waals surface area contributed by atoms with E-state index < -0.39 is 12.1 Å². The lowest BCUT2D eigenvalue weighted by molar-refractivity contribution is -0.108. The number of methoxy groups -OCH3 is 1. The van der Waals surface area contributed by atoms with Gasteiger partial charge < -0.3 is 19.9 Å². The number of pyridine rings is 1. The first-order chi connectivity index (χ1) is 15.5. The molecule has 0 aliphatic carbocycles. The zero-order chi connectivity index (χ0) is 22.7. The average Bonchev–Trinajstić information content (AvgIpc) is 3.30. The molecular weight excluding hydrogens is 416 g/mol. The molecule has 0 unspecified atom stereocenters. The number of rotatable bonds is 5. The smallest absolute Gasteiger partial charge is 0.325 e. The standard InChI is InChI=1S/C21H18N6O5/c1-32-15-5-3-13-9-27(19(29)16(13)7-15)10-14(24-20(30)23-11-28)4-2-12-6-17-18(22-8-12)26-21(31)25-17/h3,5-8,11,14H,9-10H2,1H3,(H2,22,25,26,31)(H2,23,24,28,30)/t14-/m1/s1. The lowest BCUT2D eigenvalue weighted by atomic mass is 10.1. The summed E-state index contributed by atoms with van der Waals surface area (Å²) in [4.78, 5) is 57.5. The van der Waals surface area contributed by atoms with Gasteiger partial charge in [-0.2, -0.15) is 0 Å². The summed E-state index contributed by atoms with van der Waals surface area (Å²) >= 11 is 0. The summed E-state index contributed by atoms with van der Waals surface area (Å²) in [5.41, 5.74) is 2.37. The molecule has 32 heavy (non-hydrogen) atoms. The van der Waals surface area contributed by atoms with Crippen molar-refractivity contribution in [2.45, 2.75) is 12.6 Å². The maximum Gasteiger partial charge on any atom is 0.325 e. The van der Waals surface area contributed by atoms with Crippen molar-refractivity contribution in [3.63, 3.8) is 0 Å². The molecule has 162 valence electrons. The lowest BCUT2D eigenvalue weighted by Gasteiger charge is -2.21. The first-order valence-corrected chi connectivity index (χ1v) is 9.53. The minimum absolute atomic E-state index is 0.0891. The fourth-order valence-corrected chi connectivity index (χ4v) is 3.38. The molecule has 0 saturated heterocycles. The Morgan fingerprint density at radius 3 is 2.97 bits per heavy atom. The van der Waals surface area contributed by atoms with Gasteiger partial charge >= 0.3 is 11.7 Å². The summed E-state index contributed by atoms with van der Waals surface area (Å²) in [5, 5.41) is 4.56. The highest BCUT2D eigenvalue weighted by molar-refractivity contribution is 5.98. The summed E-state index contributed by atoms with van der Waals surface area (Å²) in [5.74, 6) is 6.14. The predicted molar refractivity (Wildman–Crippen MR) is 113 cm³/mol. The van der Waals surface area contributed by atoms with Crippen LogP contribution in [0.2, 0.25) is 0 Å². The molecule has 1 aliphatic heterocycles. The van der Waals surface area contributed by atoms with Crippen molar-refractivity contribution in [2.75, 3.05) is 13.7 Å². The molecule has 0 fully saturated rings. The SMILES string of the molecule is COc1ccc2c(c1)C(=O)N(C[C@@H](C#Cc1cnc3[nH]c(=O)[nH]c3c1)NC(=O)NC=O)C2. The summed E-state index contributed by atoms with van der Waals surface area (Å²) in [7, 11) is 1.52. The number of aromatic nitrogens is 3. The Hall–Kier alpha value is -4.59. The minimum Gasteiger partial charge on any atom is -0.497 e. The van der Waals surface area contributed by atoms with Gasteiger partial charge in [0, 0.05) is 23.9 Å². The molecule has 3 aromatic rings. The molecule has 11 heteroatoms. The van der Waals surface area contributed by atoms with Gasteiger partial charge in [-0.25, -0.2) is 14.6 Å². The van der Waals surface area contributed by atoms with E-state index in [2.05, 4.69) is 32.1 Å². The number of urea groups is 1. The van der Waals surface area contributed by atoms with Crippen molar-refractivity contribution in [2.24, 2.45) is 0 Å². The van der Waals surface area contributed by atoms with Crippen LogP contribution in [-0.2, 0) is 11.3 Å². The van der Waals surface area contributed by atoms with Gasteiger partial charge in [-0.1, -0.05) is 17.9 Å². The summed E-state index contributed by atoms with van der Waals surface area (Å²) in [6.45, 7) is 0.442. The highest BCUT2D eigenvalue weighted by atomic mass is 16.5. The van der Waals surface area contributed by atoms with Crippen molar-refractivity contribution >= 4 is 29.5 Å². The number of hydrogen-bond donors (Lipinski definition) is 4. The molecule has 0 spiro atoms. The van der Waals surface area contributed by atoms with E-state index in [0.29, 0.717) is 34.6 Å². The number of amides is 4. The van der Waals surface area contributed by atoms with Crippen molar-refractivity contribution in [3.05, 3.63) is 57.6 Å². The van der Waals surface area contributed by atoms with Crippen molar-refractivity contribution in [3.8, 4) is 17.6 Å². The number of ether oxygens (including phenoxy) is 1. The zero-order valence-electron chi connectivity index (χ0n) is 16.9. The molecule has 0 radical (unpaired) electrons. The van der Waals surface area contributed by atoms with Crippen LogP contribution in [0.25, 0.3) is 11.2 Å². The fourth-order valence-electron chi connectivity index (χ4n) is 3.38. The Bertz CT molecular complexity index is 1330. The van der Waals surface area contributed by atoms with Gasteiger partial charge in [0.2, 0.25) is 6.41 Å². The lowest BCUT2D eigenvalue weighted by Crippen LogP contribution is -2.46. The van der Waals surface area contributed by atoms with E-state index >= 15 is 0 Å². The number of fused-ring (bicyclic) bond motifs is 2. The number of carbonyl (C=O) groups is 3. The first-order valence-electron chi connectivity index (χ1n) is 9.53. The van der Waals surface area contributed by atoms with E-state index in [1.807, 2.05) is 11.4 Å². The topological polar surface area (TPSA) is 149 Å². The molecule has 4 N–H and O–H groups in total. The van der Waals surface area contributed by atoms with Crippen LogP contribution in [-0.4, -0.2) is 57.9 Å². The van der Waals surface area contributed by atoms with Crippen LogP contribution in [0.1, 0.15) is 21.5 Å². The van der Waals surface area contributed by atoms with E-state index in [4.69, 9.17) is 4.74 Å². The fraction of sp³-hybridized carbons (Fsp3) is 0.190. The van der Waals surface area contributed by atoms with Crippen LogP contribution in [0.3, 0.4) is 0 Å². The Kier molecular flexibility index (Phi) is 5.59. The molecule has 1 atom stereocenters. The van der Waals surface area contributed by atoms with Crippen LogP contribution in [0.5, 0.6) is 5.75 Å². The zero-order valence-corrected chi connectivity index (χ0v) is 16.9. The molecule has 0 bridgehead atoms. The third-order valence-corrected chi connectivity index (χ3v) is 4.85. The summed E-state index contributed by atoms with van der Waals surface area (Å²) < 4.78 is 5.18. The van der Waals surface area contributed by atoms with Gasteiger partial charge in [-0.15, -0.1) is 0 Å². The van der Waals surface area contributed by atoms with Gasteiger partial charge in [0.1, 0.15) is 11.8 Å². The van der Waals surface area contributed by atoms with Crippen molar-refractivity contribution in [1.82, 2.24) is 30.5 Å². The predicted octanol–water partition coefficient (Wildman–Crippen LogP) is 0.0915. The van der Waals surface area contributed by atoms with Gasteiger partial charge in [0.15, 0.2) is 5.65 Å². The first kappa shape index (κ1) is 20.7. The highest BCUT2D eigenvalue weighted by Gasteiger charge is 2.29. The molecule has 1 aromatic carbocycles. The number of imidazole rings is 1. The summed E-state index contributed by atoms with van der Waals surface area (Å²) in [6, 6.07) is 5.38. The monoisotopic (exact) mass is 434 g/mol. The van der Waals surface area contributed by atoms with Crippen LogP contribution < -0.4 is 21.1 Å². The largest absolute Gasteiger partial charge is 0.497 e. The molecule has 1 aliphatic rings. The van der Waals surface area contributed by atoms with E-state index in [0.717, 1.165) is 5.56 Å². The van der Waals surface area contributed by atoms with Crippen LogP contribution in [0.4, 0.5) is 4.79 Å². The maximum atomic E-state index is 12.8. The molecule has 2 aromatic heterocycles. The molecule has 4 amide bonds. The van der Waals surface area contributed by atoms with E-state index in [-0.39, 0.29) is 24.6 Å². The molecular formula is C21H18N6O5. The van der Waals surface area contributed by atoms with Gasteiger partial charge in [-0.05, 0) is 23.8 Å². The number of nitrogens with one attached hydrogen (secondary N) is 4. The Morgan fingerprint density at radius 1 is 1.34 bits per heavy atom. The molecule has 11 nitrogen and oxygen atoms in total. The molecule has 4 rings (SSSR count). The van der Waals surface area contributed by atoms with Crippen LogP contribution in [0.15, 0.2) is 35.3 Å². The third-order valence-electron chi connectivity index (χ3n) is 4.85. The van der Waals surface area contributed by atoms with E-state index in [1.54, 1.807) is 23.1 Å². The second-order valence-electron chi connectivity index (χ2n) is 6.97. The number of imide groups is 1. The number of nitrogens with zero attached hydrogens (tertiary/aromatic N) is 2. The summed E-state index contributed by atoms with van der Waals surface area (Å²) in [6.07, 6.45) is 1.73. The normalized spacial score (nSPS) is 13.2. The van der Waals surface area contributed by atoms with Gasteiger partial charge in [0.25, 0.3) is 5.91 Å². The second-order valence-corrected chi connectivity index (χ2v) is 6.97. The third kappa shape index (κ3) is 4.29. The van der Waals surface area contributed by atoms with Gasteiger partial charge in [0.05, 0.1) is 19.2 Å². The number of hydrogen-bond acceptors (Lipinski definition) is 6. The number of carbonyl (C=O) groups excluding carboxylic acids is 3. The second kappa shape index (κ2) is 8.65. The van der Waals surface area contributed by atoms with E-state index in [1.165, 1.54) is 13.3 Å². The Labute approximate surface area is 181 Å². The van der Waals surface area contributed by atoms with Crippen molar-refractivity contribution < 1.29 is 19.1 Å². The highest BCUT2D eigenvalue weighted by Crippen LogP contribution is 2.26. The average molecular weight is 434 g/mol. The quantitative estimate of drug-likeness (QED) is 0.330.